The minimum absolute atomic E-state index is 0.0102. The first-order chi connectivity index (χ1) is 8.13. The van der Waals surface area contributed by atoms with Crippen molar-refractivity contribution in [3.8, 4) is 5.75 Å². The summed E-state index contributed by atoms with van der Waals surface area (Å²) in [7, 11) is 3.49. The molecular formula is C13H19NO3. The predicted molar refractivity (Wildman–Crippen MR) is 65.8 cm³/mol. The van der Waals surface area contributed by atoms with E-state index < -0.39 is 0 Å². The maximum Gasteiger partial charge on any atom is 0.222 e. The molecule has 4 nitrogen and oxygen atoms in total. The van der Waals surface area contributed by atoms with Crippen LogP contribution in [0.25, 0.3) is 0 Å². The number of rotatable bonds is 6. The summed E-state index contributed by atoms with van der Waals surface area (Å²) in [5.74, 6) is 0.839. The number of carbonyl (C=O) groups excluding carboxylic acids is 1. The average Bonchev–Trinajstić information content (AvgIpc) is 2.34. The number of ether oxygens (including phenoxy) is 1. The molecule has 0 aromatic heterocycles. The largest absolute Gasteiger partial charge is 0.494 e. The molecule has 0 aliphatic heterocycles. The number of hydrogen-bond donors (Lipinski definition) is 1. The van der Waals surface area contributed by atoms with Crippen molar-refractivity contribution in [1.82, 2.24) is 4.90 Å². The van der Waals surface area contributed by atoms with Crippen molar-refractivity contribution in [2.45, 2.75) is 19.4 Å². The summed E-state index contributed by atoms with van der Waals surface area (Å²) in [5, 5.41) is 8.96. The molecule has 0 unspecified atom stereocenters. The van der Waals surface area contributed by atoms with Gasteiger partial charge >= 0.3 is 0 Å². The van der Waals surface area contributed by atoms with E-state index in [0.717, 1.165) is 11.3 Å². The zero-order valence-corrected chi connectivity index (χ0v) is 10.3. The Labute approximate surface area is 102 Å². The van der Waals surface area contributed by atoms with Gasteiger partial charge in [-0.05, 0) is 24.1 Å². The first-order valence-electron chi connectivity index (χ1n) is 5.66. The Bertz CT molecular complexity index is 363. The molecule has 0 aliphatic carbocycles. The summed E-state index contributed by atoms with van der Waals surface area (Å²) in [5.41, 5.74) is 0.826. The maximum absolute atomic E-state index is 11.3. The lowest BCUT2D eigenvalue weighted by molar-refractivity contribution is -0.128. The third kappa shape index (κ3) is 4.87. The molecule has 0 saturated heterocycles. The average molecular weight is 237 g/mol. The van der Waals surface area contributed by atoms with E-state index in [1.807, 2.05) is 18.2 Å². The van der Waals surface area contributed by atoms with Gasteiger partial charge in [-0.3, -0.25) is 4.79 Å². The zero-order valence-electron chi connectivity index (χ0n) is 10.3. The zero-order chi connectivity index (χ0) is 12.7. The smallest absolute Gasteiger partial charge is 0.222 e. The second kappa shape index (κ2) is 6.91. The van der Waals surface area contributed by atoms with Crippen molar-refractivity contribution in [2.75, 3.05) is 20.7 Å². The van der Waals surface area contributed by atoms with E-state index in [4.69, 9.17) is 9.84 Å². The van der Waals surface area contributed by atoms with Crippen LogP contribution in [0.15, 0.2) is 24.3 Å². The van der Waals surface area contributed by atoms with Crippen molar-refractivity contribution in [1.29, 1.82) is 0 Å². The van der Waals surface area contributed by atoms with Crippen molar-refractivity contribution in [2.24, 2.45) is 0 Å². The molecule has 1 amide bonds. The molecule has 0 aliphatic rings. The second-order valence-corrected chi connectivity index (χ2v) is 4.05. The second-order valence-electron chi connectivity index (χ2n) is 4.05. The van der Waals surface area contributed by atoms with Gasteiger partial charge in [-0.25, -0.2) is 0 Å². The molecule has 0 saturated carbocycles. The van der Waals surface area contributed by atoms with Crippen LogP contribution in [0.3, 0.4) is 0 Å². The molecule has 0 fully saturated rings. The van der Waals surface area contributed by atoms with E-state index in [0.29, 0.717) is 19.4 Å². The minimum Gasteiger partial charge on any atom is -0.494 e. The topological polar surface area (TPSA) is 49.8 Å². The summed E-state index contributed by atoms with van der Waals surface area (Å²) in [6.45, 7) is 0.519. The summed E-state index contributed by atoms with van der Waals surface area (Å²) in [6.07, 6.45) is 1.19. The van der Waals surface area contributed by atoms with Gasteiger partial charge < -0.3 is 14.7 Å². The molecule has 0 radical (unpaired) electrons. The first kappa shape index (κ1) is 13.5. The van der Waals surface area contributed by atoms with Crippen molar-refractivity contribution in [3.05, 3.63) is 29.8 Å². The lowest BCUT2D eigenvalue weighted by Crippen LogP contribution is -2.21. The van der Waals surface area contributed by atoms with Gasteiger partial charge in [0, 0.05) is 20.5 Å². The molecule has 0 bridgehead atoms. The molecule has 0 atom stereocenters. The maximum atomic E-state index is 11.3. The summed E-state index contributed by atoms with van der Waals surface area (Å²) in [6, 6.07) is 7.31. The monoisotopic (exact) mass is 237 g/mol. The van der Waals surface area contributed by atoms with Gasteiger partial charge in [0.2, 0.25) is 5.91 Å². The van der Waals surface area contributed by atoms with E-state index >= 15 is 0 Å². The fourth-order valence-electron chi connectivity index (χ4n) is 1.37. The van der Waals surface area contributed by atoms with Crippen LogP contribution < -0.4 is 4.74 Å². The third-order valence-corrected chi connectivity index (χ3v) is 2.38. The van der Waals surface area contributed by atoms with Crippen LogP contribution in [0, 0.1) is 0 Å². The van der Waals surface area contributed by atoms with E-state index in [9.17, 15) is 4.79 Å². The molecule has 1 aromatic rings. The Morgan fingerprint density at radius 2 is 2.18 bits per heavy atom. The van der Waals surface area contributed by atoms with E-state index in [-0.39, 0.29) is 12.5 Å². The fraction of sp³-hybridized carbons (Fsp3) is 0.462. The molecule has 0 heterocycles. The Hall–Kier alpha value is -1.55. The minimum atomic E-state index is 0.0102. The van der Waals surface area contributed by atoms with Gasteiger partial charge in [-0.15, -0.1) is 0 Å². The molecular weight excluding hydrogens is 218 g/mol. The summed E-state index contributed by atoms with van der Waals surface area (Å²) in [4.78, 5) is 12.9. The van der Waals surface area contributed by atoms with E-state index in [1.54, 1.807) is 25.1 Å². The standard InChI is InChI=1S/C13H19NO3/c1-14(2)13(16)7-4-8-17-12-6-3-5-11(9-12)10-15/h3,5-6,9,15H,4,7-8,10H2,1-2H3. The van der Waals surface area contributed by atoms with Crippen LogP contribution in [-0.4, -0.2) is 36.6 Å². The van der Waals surface area contributed by atoms with Crippen LogP contribution in [0.4, 0.5) is 0 Å². The predicted octanol–water partition coefficient (Wildman–Crippen LogP) is 1.43. The van der Waals surface area contributed by atoms with Crippen molar-refractivity contribution in [3.63, 3.8) is 0 Å². The van der Waals surface area contributed by atoms with Crippen LogP contribution >= 0.6 is 0 Å². The van der Waals surface area contributed by atoms with Crippen LogP contribution in [0.5, 0.6) is 5.75 Å². The SMILES string of the molecule is CN(C)C(=O)CCCOc1cccc(CO)c1. The Balaban J connectivity index is 2.28. The summed E-state index contributed by atoms with van der Waals surface area (Å²) < 4.78 is 5.50. The third-order valence-electron chi connectivity index (χ3n) is 2.38. The highest BCUT2D eigenvalue weighted by Crippen LogP contribution is 2.13. The highest BCUT2D eigenvalue weighted by atomic mass is 16.5. The molecule has 17 heavy (non-hydrogen) atoms. The van der Waals surface area contributed by atoms with Crippen molar-refractivity contribution >= 4 is 5.91 Å². The van der Waals surface area contributed by atoms with Crippen LogP contribution in [0.2, 0.25) is 0 Å². The Kier molecular flexibility index (Phi) is 5.49. The molecule has 0 spiro atoms. The number of benzene rings is 1. The first-order valence-corrected chi connectivity index (χ1v) is 5.66. The van der Waals surface area contributed by atoms with Gasteiger partial charge in [-0.1, -0.05) is 12.1 Å². The number of amides is 1. The lowest BCUT2D eigenvalue weighted by Gasteiger charge is -2.10. The number of carbonyl (C=O) groups is 1. The van der Waals surface area contributed by atoms with Gasteiger partial charge in [-0.2, -0.15) is 0 Å². The highest BCUT2D eigenvalue weighted by molar-refractivity contribution is 5.75. The van der Waals surface area contributed by atoms with Crippen molar-refractivity contribution < 1.29 is 14.6 Å². The van der Waals surface area contributed by atoms with Crippen LogP contribution in [0.1, 0.15) is 18.4 Å². The van der Waals surface area contributed by atoms with E-state index in [1.165, 1.54) is 0 Å². The molecule has 94 valence electrons. The molecule has 1 rings (SSSR count). The number of aliphatic hydroxyl groups excluding tert-OH is 1. The van der Waals surface area contributed by atoms with E-state index in [2.05, 4.69) is 0 Å². The quantitative estimate of drug-likeness (QED) is 0.761. The Morgan fingerprint density at radius 1 is 1.41 bits per heavy atom. The Morgan fingerprint density at radius 3 is 2.82 bits per heavy atom. The van der Waals surface area contributed by atoms with Gasteiger partial charge in [0.25, 0.3) is 0 Å². The summed E-state index contributed by atoms with van der Waals surface area (Å²) >= 11 is 0. The number of nitrogens with zero attached hydrogens (tertiary/aromatic N) is 1. The fourth-order valence-corrected chi connectivity index (χ4v) is 1.37. The highest BCUT2D eigenvalue weighted by Gasteiger charge is 2.03. The van der Waals surface area contributed by atoms with Gasteiger partial charge in [0.05, 0.1) is 13.2 Å². The van der Waals surface area contributed by atoms with Gasteiger partial charge in [0.1, 0.15) is 5.75 Å². The normalized spacial score (nSPS) is 10.1. The van der Waals surface area contributed by atoms with Crippen LogP contribution in [-0.2, 0) is 11.4 Å². The van der Waals surface area contributed by atoms with Gasteiger partial charge in [0.15, 0.2) is 0 Å². The lowest BCUT2D eigenvalue weighted by atomic mass is 10.2. The molecule has 1 aromatic carbocycles. The molecule has 1 N–H and O–H groups in total. The number of hydrogen-bond acceptors (Lipinski definition) is 3. The molecule has 4 heteroatoms. The number of aliphatic hydroxyl groups is 1.